The lowest BCUT2D eigenvalue weighted by Gasteiger charge is -2.34. The number of esters is 1. The second kappa shape index (κ2) is 11.3. The Kier molecular flexibility index (Phi) is 8.49. The average Bonchev–Trinajstić information content (AvgIpc) is 3.15. The first-order chi connectivity index (χ1) is 16.1. The number of morpholine rings is 1. The fourth-order valence-corrected chi connectivity index (χ4v) is 3.88. The van der Waals surface area contributed by atoms with Gasteiger partial charge in [-0.15, -0.1) is 0 Å². The van der Waals surface area contributed by atoms with Gasteiger partial charge in [0.2, 0.25) is 11.8 Å². The second-order valence-electron chi connectivity index (χ2n) is 9.32. The summed E-state index contributed by atoms with van der Waals surface area (Å²) in [6.07, 6.45) is -0.663. The molecule has 1 N–H and O–H groups in total. The van der Waals surface area contributed by atoms with E-state index in [2.05, 4.69) is 5.32 Å². The molecule has 2 fully saturated rings. The highest BCUT2D eigenvalue weighted by Crippen LogP contribution is 2.21. The normalized spacial score (nSPS) is 19.5. The van der Waals surface area contributed by atoms with Crippen molar-refractivity contribution in [3.05, 3.63) is 35.9 Å². The van der Waals surface area contributed by atoms with Crippen LogP contribution in [0.3, 0.4) is 0 Å². The van der Waals surface area contributed by atoms with Crippen molar-refractivity contribution in [3.63, 3.8) is 0 Å². The summed E-state index contributed by atoms with van der Waals surface area (Å²) in [4.78, 5) is 54.2. The number of benzene rings is 1. The number of carbonyl (C=O) groups is 4. The summed E-state index contributed by atoms with van der Waals surface area (Å²) in [7, 11) is 0. The number of likely N-dealkylation sites (tertiary alicyclic amines) is 1. The second-order valence-corrected chi connectivity index (χ2v) is 9.32. The predicted octanol–water partition coefficient (Wildman–Crippen LogP) is 1.47. The third-order valence-electron chi connectivity index (χ3n) is 5.52. The van der Waals surface area contributed by atoms with Gasteiger partial charge >= 0.3 is 12.1 Å². The van der Waals surface area contributed by atoms with Gasteiger partial charge in [-0.05, 0) is 32.8 Å². The zero-order chi connectivity index (χ0) is 24.7. The van der Waals surface area contributed by atoms with E-state index in [1.54, 1.807) is 25.7 Å². The summed E-state index contributed by atoms with van der Waals surface area (Å²) >= 11 is 0. The molecule has 10 nitrogen and oxygen atoms in total. The molecule has 2 heterocycles. The van der Waals surface area contributed by atoms with E-state index >= 15 is 0 Å². The largest absolute Gasteiger partial charge is 0.461 e. The molecule has 2 aliphatic rings. The van der Waals surface area contributed by atoms with Crippen molar-refractivity contribution < 1.29 is 33.4 Å². The fraction of sp³-hybridized carbons (Fsp3) is 0.583. The predicted molar refractivity (Wildman–Crippen MR) is 122 cm³/mol. The van der Waals surface area contributed by atoms with Crippen molar-refractivity contribution >= 4 is 23.9 Å². The van der Waals surface area contributed by atoms with Crippen molar-refractivity contribution in [2.24, 2.45) is 0 Å². The molecule has 0 saturated carbocycles. The number of hydrogen-bond acceptors (Lipinski definition) is 7. The van der Waals surface area contributed by atoms with Crippen LogP contribution in [-0.2, 0) is 35.2 Å². The molecule has 34 heavy (non-hydrogen) atoms. The van der Waals surface area contributed by atoms with Crippen LogP contribution in [0.15, 0.2) is 30.3 Å². The molecular weight excluding hydrogens is 442 g/mol. The SMILES string of the molecule is CC(C)(C)OC(=O)N[C@H]1CCN([C@@H](CC(=O)OCc2ccccc2)C(=O)N2CCOCC2)C1=O. The Bertz CT molecular complexity index is 878. The van der Waals surface area contributed by atoms with Crippen molar-refractivity contribution in [2.75, 3.05) is 32.8 Å². The van der Waals surface area contributed by atoms with Crippen molar-refractivity contribution in [3.8, 4) is 0 Å². The van der Waals surface area contributed by atoms with E-state index in [9.17, 15) is 19.2 Å². The Balaban J connectivity index is 1.67. The number of ether oxygens (including phenoxy) is 3. The van der Waals surface area contributed by atoms with Crippen LogP contribution in [0, 0.1) is 0 Å². The van der Waals surface area contributed by atoms with Gasteiger partial charge in [-0.1, -0.05) is 30.3 Å². The molecule has 3 rings (SSSR count). The molecule has 186 valence electrons. The van der Waals surface area contributed by atoms with E-state index < -0.39 is 35.7 Å². The van der Waals surface area contributed by atoms with Crippen LogP contribution in [0.25, 0.3) is 0 Å². The average molecular weight is 476 g/mol. The zero-order valence-electron chi connectivity index (χ0n) is 20.0. The molecule has 0 unspecified atom stereocenters. The van der Waals surface area contributed by atoms with Gasteiger partial charge in [0.05, 0.1) is 19.6 Å². The van der Waals surface area contributed by atoms with Gasteiger partial charge < -0.3 is 29.3 Å². The van der Waals surface area contributed by atoms with Crippen LogP contribution in [-0.4, -0.2) is 84.2 Å². The summed E-state index contributed by atoms with van der Waals surface area (Å²) in [5, 5.41) is 2.58. The van der Waals surface area contributed by atoms with Crippen LogP contribution in [0.1, 0.15) is 39.2 Å². The first-order valence-electron chi connectivity index (χ1n) is 11.5. The minimum atomic E-state index is -1.01. The summed E-state index contributed by atoms with van der Waals surface area (Å²) in [5.74, 6) is -1.33. The van der Waals surface area contributed by atoms with Crippen LogP contribution < -0.4 is 5.32 Å². The number of amides is 3. The lowest BCUT2D eigenvalue weighted by Crippen LogP contribution is -2.54. The minimum absolute atomic E-state index is 0.0783. The van der Waals surface area contributed by atoms with E-state index in [-0.39, 0.29) is 25.5 Å². The van der Waals surface area contributed by atoms with Gasteiger partial charge in [0, 0.05) is 19.6 Å². The Labute approximate surface area is 199 Å². The first kappa shape index (κ1) is 25.5. The number of nitrogens with one attached hydrogen (secondary N) is 1. The summed E-state index contributed by atoms with van der Waals surface area (Å²) in [6.45, 7) is 7.06. The smallest absolute Gasteiger partial charge is 0.408 e. The van der Waals surface area contributed by atoms with Crippen LogP contribution >= 0.6 is 0 Å². The summed E-state index contributed by atoms with van der Waals surface area (Å²) in [6, 6.07) is 7.38. The highest BCUT2D eigenvalue weighted by Gasteiger charge is 2.42. The standard InChI is InChI=1S/C24H33N3O7/c1-24(2,3)34-23(31)25-18-9-10-27(21(18)29)19(22(30)26-11-13-32-14-12-26)15-20(28)33-16-17-7-5-4-6-8-17/h4-8,18-19H,9-16H2,1-3H3,(H,25,31)/t18-,19-/m0/s1. The van der Waals surface area contributed by atoms with Gasteiger partial charge in [0.1, 0.15) is 24.3 Å². The van der Waals surface area contributed by atoms with E-state index in [4.69, 9.17) is 14.2 Å². The number of carbonyl (C=O) groups excluding carboxylic acids is 4. The molecule has 1 aromatic carbocycles. The molecule has 0 radical (unpaired) electrons. The minimum Gasteiger partial charge on any atom is -0.461 e. The van der Waals surface area contributed by atoms with E-state index in [0.29, 0.717) is 32.7 Å². The van der Waals surface area contributed by atoms with Crippen LogP contribution in [0.5, 0.6) is 0 Å². The van der Waals surface area contributed by atoms with E-state index in [1.807, 2.05) is 30.3 Å². The molecule has 2 saturated heterocycles. The Morgan fingerprint density at radius 1 is 1.12 bits per heavy atom. The first-order valence-corrected chi connectivity index (χ1v) is 11.5. The van der Waals surface area contributed by atoms with Gasteiger partial charge in [-0.2, -0.15) is 0 Å². The Morgan fingerprint density at radius 3 is 2.44 bits per heavy atom. The number of alkyl carbamates (subject to hydrolysis) is 1. The molecule has 0 aliphatic carbocycles. The number of hydrogen-bond donors (Lipinski definition) is 1. The quantitative estimate of drug-likeness (QED) is 0.594. The zero-order valence-corrected chi connectivity index (χ0v) is 20.0. The molecule has 0 bridgehead atoms. The maximum Gasteiger partial charge on any atom is 0.408 e. The molecule has 2 atom stereocenters. The molecule has 3 amide bonds. The van der Waals surface area contributed by atoms with Gasteiger partial charge in [-0.25, -0.2) is 4.79 Å². The fourth-order valence-electron chi connectivity index (χ4n) is 3.88. The highest BCUT2D eigenvalue weighted by atomic mass is 16.6. The number of nitrogens with zero attached hydrogens (tertiary/aromatic N) is 2. The number of rotatable bonds is 7. The Morgan fingerprint density at radius 2 is 1.79 bits per heavy atom. The van der Waals surface area contributed by atoms with Crippen molar-refractivity contribution in [1.82, 2.24) is 15.1 Å². The topological polar surface area (TPSA) is 114 Å². The third kappa shape index (κ3) is 7.18. The van der Waals surface area contributed by atoms with Crippen molar-refractivity contribution in [2.45, 2.75) is 57.9 Å². The molecule has 2 aliphatic heterocycles. The molecule has 10 heteroatoms. The van der Waals surface area contributed by atoms with E-state index in [1.165, 1.54) is 4.90 Å². The Hall–Kier alpha value is -3.14. The maximum atomic E-state index is 13.3. The highest BCUT2D eigenvalue weighted by molar-refractivity contribution is 5.94. The van der Waals surface area contributed by atoms with E-state index in [0.717, 1.165) is 5.56 Å². The molecule has 0 aromatic heterocycles. The van der Waals surface area contributed by atoms with Gasteiger partial charge in [-0.3, -0.25) is 14.4 Å². The molecular formula is C24H33N3O7. The lowest BCUT2D eigenvalue weighted by molar-refractivity contribution is -0.154. The summed E-state index contributed by atoms with van der Waals surface area (Å²) in [5.41, 5.74) is 0.119. The van der Waals surface area contributed by atoms with Crippen molar-refractivity contribution in [1.29, 1.82) is 0 Å². The lowest BCUT2D eigenvalue weighted by atomic mass is 10.1. The maximum absolute atomic E-state index is 13.3. The summed E-state index contributed by atoms with van der Waals surface area (Å²) < 4.78 is 15.9. The molecule has 1 aromatic rings. The monoisotopic (exact) mass is 475 g/mol. The van der Waals surface area contributed by atoms with Gasteiger partial charge in [0.25, 0.3) is 0 Å². The molecule has 0 spiro atoms. The van der Waals surface area contributed by atoms with Crippen LogP contribution in [0.4, 0.5) is 4.79 Å². The third-order valence-corrected chi connectivity index (χ3v) is 5.52. The van der Waals surface area contributed by atoms with Gasteiger partial charge in [0.15, 0.2) is 0 Å². The van der Waals surface area contributed by atoms with Crippen LogP contribution in [0.2, 0.25) is 0 Å².